The van der Waals surface area contributed by atoms with E-state index in [1.165, 1.54) is 27.8 Å². The molecule has 0 amide bonds. The van der Waals surface area contributed by atoms with E-state index in [-0.39, 0.29) is 0 Å². The van der Waals surface area contributed by atoms with Crippen LogP contribution in [0.1, 0.15) is 0 Å². The zero-order valence-corrected chi connectivity index (χ0v) is 30.9. The van der Waals surface area contributed by atoms with Crippen LogP contribution in [0.2, 0.25) is 0 Å². The molecule has 0 saturated heterocycles. The topological polar surface area (TPSA) is 38.9 Å². The second kappa shape index (κ2) is 13.6. The lowest BCUT2D eigenvalue weighted by Gasteiger charge is -2.13. The normalized spacial score (nSPS) is 11.5. The van der Waals surface area contributed by atoms with E-state index in [2.05, 4.69) is 206 Å². The fourth-order valence-corrected chi connectivity index (χ4v) is 8.26. The van der Waals surface area contributed by atoms with Gasteiger partial charge in [-0.05, 0) is 97.1 Å². The molecule has 0 saturated carbocycles. The van der Waals surface area contributed by atoms with E-state index in [1.54, 1.807) is 0 Å². The lowest BCUT2D eigenvalue weighted by molar-refractivity contribution is 0.657. The third-order valence-electron chi connectivity index (χ3n) is 11.1. The lowest BCUT2D eigenvalue weighted by Crippen LogP contribution is -1.95. The van der Waals surface area contributed by atoms with Gasteiger partial charge in [0.05, 0.1) is 11.1 Å². The summed E-state index contributed by atoms with van der Waals surface area (Å²) in [5, 5.41) is 6.42. The molecule has 0 bridgehead atoms. The van der Waals surface area contributed by atoms with E-state index >= 15 is 0 Å². The van der Waals surface area contributed by atoms with Crippen LogP contribution in [0.4, 0.5) is 0 Å². The Kier molecular flexibility index (Phi) is 7.82. The highest BCUT2D eigenvalue weighted by atomic mass is 16.3. The van der Waals surface area contributed by atoms with Crippen LogP contribution < -0.4 is 0 Å². The minimum Gasteiger partial charge on any atom is -0.437 e. The van der Waals surface area contributed by atoms with Crippen LogP contribution in [0.25, 0.3) is 111 Å². The van der Waals surface area contributed by atoms with Crippen molar-refractivity contribution < 1.29 is 4.42 Å². The fraction of sp³-hybridized carbons (Fsp3) is 0. The minimum atomic E-state index is 0.578. The maximum Gasteiger partial charge on any atom is 0.231 e. The number of hydrogen-bond donors (Lipinski definition) is 0. The second-order valence-corrected chi connectivity index (χ2v) is 14.6. The molecule has 0 radical (unpaired) electrons. The molecule has 2 aromatic heterocycles. The van der Waals surface area contributed by atoms with Crippen LogP contribution in [0, 0.1) is 0 Å². The van der Waals surface area contributed by atoms with Gasteiger partial charge in [-0.15, -0.1) is 0 Å². The average Bonchev–Trinajstić information content (AvgIpc) is 3.68. The summed E-state index contributed by atoms with van der Waals surface area (Å²) in [6.07, 6.45) is 0. The van der Waals surface area contributed by atoms with Gasteiger partial charge < -0.3 is 4.42 Å². The molecule has 0 atom stereocenters. The maximum absolute atomic E-state index is 6.71. The Morgan fingerprint density at radius 1 is 0.316 bits per heavy atom. The first-order valence-electron chi connectivity index (χ1n) is 19.3. The smallest absolute Gasteiger partial charge is 0.231 e. The van der Waals surface area contributed by atoms with Crippen molar-refractivity contribution >= 4 is 43.6 Å². The standard InChI is InChI=1S/C54H34N2O/c1-3-14-35(15-4-1)43-32-44(36-16-5-2-6-17-36)34-45(33-43)41-23-11-21-39(30-41)40-22-12-24-42(31-40)53-55-51(48-27-13-20-37-18-7-9-25-46(37)48)50-49-29-28-38-19-8-10-26-47(38)52(49)57-54(50)56-53/h1-34H. The highest BCUT2D eigenvalue weighted by Crippen LogP contribution is 2.41. The van der Waals surface area contributed by atoms with E-state index in [0.717, 1.165) is 71.4 Å². The van der Waals surface area contributed by atoms with Crippen molar-refractivity contribution in [2.24, 2.45) is 0 Å². The van der Waals surface area contributed by atoms with Crippen LogP contribution >= 0.6 is 0 Å². The molecule has 0 spiro atoms. The number of nitrogens with zero attached hydrogens (tertiary/aromatic N) is 2. The molecule has 0 fully saturated rings. The third kappa shape index (κ3) is 5.85. The zero-order chi connectivity index (χ0) is 37.7. The lowest BCUT2D eigenvalue weighted by atomic mass is 9.92. The predicted octanol–water partition coefficient (Wildman–Crippen LogP) is 14.7. The van der Waals surface area contributed by atoms with Crippen molar-refractivity contribution in [1.29, 1.82) is 0 Å². The van der Waals surface area contributed by atoms with Gasteiger partial charge in [0.2, 0.25) is 5.71 Å². The predicted molar refractivity (Wildman–Crippen MR) is 237 cm³/mol. The Labute approximate surface area is 330 Å². The quantitative estimate of drug-likeness (QED) is 0.171. The van der Waals surface area contributed by atoms with E-state index < -0.39 is 0 Å². The summed E-state index contributed by atoms with van der Waals surface area (Å²) >= 11 is 0. The monoisotopic (exact) mass is 726 g/mol. The van der Waals surface area contributed by atoms with Gasteiger partial charge in [0.1, 0.15) is 5.58 Å². The van der Waals surface area contributed by atoms with Gasteiger partial charge in [-0.25, -0.2) is 4.98 Å². The van der Waals surface area contributed by atoms with Gasteiger partial charge in [-0.1, -0.05) is 170 Å². The minimum absolute atomic E-state index is 0.578. The number of hydrogen-bond acceptors (Lipinski definition) is 3. The van der Waals surface area contributed by atoms with Gasteiger partial charge >= 0.3 is 0 Å². The number of benzene rings is 9. The molecule has 0 aliphatic carbocycles. The molecular weight excluding hydrogens is 693 g/mol. The third-order valence-corrected chi connectivity index (χ3v) is 11.1. The molecule has 0 aliphatic rings. The average molecular weight is 727 g/mol. The van der Waals surface area contributed by atoms with Gasteiger partial charge in [0, 0.05) is 21.9 Å². The summed E-state index contributed by atoms with van der Waals surface area (Å²) < 4.78 is 6.71. The number of fused-ring (bicyclic) bond motifs is 6. The van der Waals surface area contributed by atoms with E-state index in [1.807, 2.05) is 0 Å². The summed E-state index contributed by atoms with van der Waals surface area (Å²) in [5.41, 5.74) is 13.5. The molecular formula is C54H34N2O. The van der Waals surface area contributed by atoms with E-state index in [9.17, 15) is 0 Å². The van der Waals surface area contributed by atoms with Crippen LogP contribution in [-0.4, -0.2) is 9.97 Å². The summed E-state index contributed by atoms with van der Waals surface area (Å²) in [6, 6.07) is 73.0. The van der Waals surface area contributed by atoms with Crippen LogP contribution in [0.5, 0.6) is 0 Å². The number of rotatable bonds is 6. The molecule has 0 unspecified atom stereocenters. The maximum atomic E-state index is 6.71. The van der Waals surface area contributed by atoms with E-state index in [4.69, 9.17) is 14.4 Å². The second-order valence-electron chi connectivity index (χ2n) is 14.6. The molecule has 0 aliphatic heterocycles. The first-order valence-corrected chi connectivity index (χ1v) is 19.3. The van der Waals surface area contributed by atoms with Gasteiger partial charge in [-0.2, -0.15) is 4.98 Å². The Hall–Kier alpha value is -7.62. The summed E-state index contributed by atoms with van der Waals surface area (Å²) in [7, 11) is 0. The number of furan rings is 1. The molecule has 0 N–H and O–H groups in total. The van der Waals surface area contributed by atoms with Crippen molar-refractivity contribution in [3.05, 3.63) is 206 Å². The van der Waals surface area contributed by atoms with Crippen molar-refractivity contribution in [2.45, 2.75) is 0 Å². The van der Waals surface area contributed by atoms with E-state index in [0.29, 0.717) is 11.5 Å². The van der Waals surface area contributed by atoms with Crippen LogP contribution in [-0.2, 0) is 0 Å². The summed E-state index contributed by atoms with van der Waals surface area (Å²) in [4.78, 5) is 10.6. The van der Waals surface area contributed by atoms with Crippen molar-refractivity contribution in [2.75, 3.05) is 0 Å². The Morgan fingerprint density at radius 3 is 1.47 bits per heavy atom. The Balaban J connectivity index is 1.06. The SMILES string of the molecule is c1ccc(-c2cc(-c3ccccc3)cc(-c3cccc(-c4cccc(-c5nc(-c6cccc7ccccc67)c6c(n5)oc5c7ccccc7ccc56)c4)c3)c2)cc1. The van der Waals surface area contributed by atoms with Gasteiger partial charge in [0.15, 0.2) is 5.82 Å². The zero-order valence-electron chi connectivity index (χ0n) is 30.9. The van der Waals surface area contributed by atoms with Gasteiger partial charge in [0.25, 0.3) is 0 Å². The van der Waals surface area contributed by atoms with Crippen molar-refractivity contribution in [1.82, 2.24) is 9.97 Å². The molecule has 11 aromatic rings. The first kappa shape index (κ1) is 32.8. The largest absolute Gasteiger partial charge is 0.437 e. The Morgan fingerprint density at radius 2 is 0.789 bits per heavy atom. The molecule has 3 nitrogen and oxygen atoms in total. The molecule has 11 rings (SSSR count). The molecule has 3 heteroatoms. The van der Waals surface area contributed by atoms with Crippen molar-refractivity contribution in [3.8, 4) is 67.2 Å². The molecule has 9 aromatic carbocycles. The van der Waals surface area contributed by atoms with Gasteiger partial charge in [-0.3, -0.25) is 0 Å². The number of aromatic nitrogens is 2. The van der Waals surface area contributed by atoms with Crippen LogP contribution in [0.15, 0.2) is 211 Å². The highest BCUT2D eigenvalue weighted by Gasteiger charge is 2.21. The first-order chi connectivity index (χ1) is 28.2. The summed E-state index contributed by atoms with van der Waals surface area (Å²) in [5.74, 6) is 0.620. The Bertz CT molecular complexity index is 3230. The fourth-order valence-electron chi connectivity index (χ4n) is 8.26. The van der Waals surface area contributed by atoms with Crippen molar-refractivity contribution in [3.63, 3.8) is 0 Å². The van der Waals surface area contributed by atoms with Crippen LogP contribution in [0.3, 0.4) is 0 Å². The summed E-state index contributed by atoms with van der Waals surface area (Å²) in [6.45, 7) is 0. The highest BCUT2D eigenvalue weighted by molar-refractivity contribution is 6.19. The molecule has 266 valence electrons. The molecule has 57 heavy (non-hydrogen) atoms. The molecule has 2 heterocycles.